The van der Waals surface area contributed by atoms with Crippen molar-refractivity contribution < 1.29 is 9.59 Å². The zero-order valence-electron chi connectivity index (χ0n) is 17.4. The molecule has 31 heavy (non-hydrogen) atoms. The molecule has 0 N–H and O–H groups in total. The molecule has 2 aliphatic rings. The minimum Gasteiger partial charge on any atom is -0.294 e. The zero-order valence-corrected chi connectivity index (χ0v) is 18.2. The standard InChI is InChI=1S/C25H25N3O2S/c1-2-14-28-24(30)23(31-25(28)27-26-17-18-8-4-3-5-9-18)16-22(29)21-13-12-19-10-6-7-11-20(19)15-21/h2-5,8-9,12-13,15,17,23H,1,6-7,10-11,14,16H2/b26-17+,27-25-. The van der Waals surface area contributed by atoms with Gasteiger partial charge in [0.15, 0.2) is 11.0 Å². The third-order valence-corrected chi connectivity index (χ3v) is 6.69. The molecule has 158 valence electrons. The Morgan fingerprint density at radius 2 is 1.90 bits per heavy atom. The molecule has 2 aromatic rings. The van der Waals surface area contributed by atoms with E-state index in [1.165, 1.54) is 35.7 Å². The monoisotopic (exact) mass is 431 g/mol. The predicted octanol–water partition coefficient (Wildman–Crippen LogP) is 4.66. The summed E-state index contributed by atoms with van der Waals surface area (Å²) in [6.07, 6.45) is 7.94. The average molecular weight is 432 g/mol. The number of carbonyl (C=O) groups excluding carboxylic acids is 2. The first kappa shape index (κ1) is 21.2. The SMILES string of the molecule is C=CCN1C(=O)C(CC(=O)c2ccc3c(c2)CCCC3)S/C1=N\N=C\c1ccccc1. The van der Waals surface area contributed by atoms with E-state index in [1.54, 1.807) is 17.2 Å². The number of aryl methyl sites for hydroxylation is 2. The average Bonchev–Trinajstić information content (AvgIpc) is 3.09. The number of rotatable bonds is 7. The highest BCUT2D eigenvalue weighted by molar-refractivity contribution is 8.15. The molecule has 1 unspecified atom stereocenters. The second-order valence-electron chi connectivity index (χ2n) is 7.70. The lowest BCUT2D eigenvalue weighted by Crippen LogP contribution is -2.32. The van der Waals surface area contributed by atoms with Crippen LogP contribution in [0.4, 0.5) is 0 Å². The fourth-order valence-electron chi connectivity index (χ4n) is 3.89. The number of hydrogen-bond acceptors (Lipinski definition) is 5. The molecule has 0 spiro atoms. The Kier molecular flexibility index (Phi) is 6.77. The summed E-state index contributed by atoms with van der Waals surface area (Å²) in [6.45, 7) is 4.07. The minimum atomic E-state index is -0.492. The number of fused-ring (bicyclic) bond motifs is 1. The Morgan fingerprint density at radius 3 is 2.68 bits per heavy atom. The summed E-state index contributed by atoms with van der Waals surface area (Å²) in [5.41, 5.74) is 4.23. The first-order chi connectivity index (χ1) is 15.2. The molecule has 1 atom stereocenters. The fraction of sp³-hybridized carbons (Fsp3) is 0.280. The van der Waals surface area contributed by atoms with E-state index in [4.69, 9.17) is 0 Å². The van der Waals surface area contributed by atoms with Gasteiger partial charge in [-0.3, -0.25) is 14.5 Å². The Balaban J connectivity index is 1.47. The summed E-state index contributed by atoms with van der Waals surface area (Å²) < 4.78 is 0. The van der Waals surface area contributed by atoms with E-state index in [9.17, 15) is 9.59 Å². The highest BCUT2D eigenvalue weighted by Gasteiger charge is 2.38. The number of nitrogens with zero attached hydrogens (tertiary/aromatic N) is 3. The van der Waals surface area contributed by atoms with E-state index >= 15 is 0 Å². The van der Waals surface area contributed by atoms with Gasteiger partial charge in [0.05, 0.1) is 11.5 Å². The minimum absolute atomic E-state index is 0.00758. The van der Waals surface area contributed by atoms with Crippen molar-refractivity contribution in [1.29, 1.82) is 0 Å². The van der Waals surface area contributed by atoms with E-state index in [2.05, 4.69) is 22.8 Å². The number of thioether (sulfide) groups is 1. The maximum absolute atomic E-state index is 12.9. The Labute approximate surface area is 186 Å². The number of benzene rings is 2. The third-order valence-electron chi connectivity index (χ3n) is 5.52. The molecule has 0 aromatic heterocycles. The third kappa shape index (κ3) is 5.02. The molecular weight excluding hydrogens is 406 g/mol. The lowest BCUT2D eigenvalue weighted by molar-refractivity contribution is -0.125. The number of ketones is 1. The molecule has 6 heteroatoms. The lowest BCUT2D eigenvalue weighted by Gasteiger charge is -2.16. The molecule has 4 rings (SSSR count). The summed E-state index contributed by atoms with van der Waals surface area (Å²) in [7, 11) is 0. The van der Waals surface area contributed by atoms with E-state index in [1.807, 2.05) is 42.5 Å². The Hall–Kier alpha value is -2.99. The number of hydrogen-bond donors (Lipinski definition) is 0. The zero-order chi connectivity index (χ0) is 21.6. The number of amidine groups is 1. The van der Waals surface area contributed by atoms with Crippen molar-refractivity contribution >= 4 is 34.8 Å². The van der Waals surface area contributed by atoms with Crippen LogP contribution < -0.4 is 0 Å². The van der Waals surface area contributed by atoms with Crippen molar-refractivity contribution in [2.45, 2.75) is 37.4 Å². The van der Waals surface area contributed by atoms with E-state index in [0.717, 1.165) is 18.4 Å². The van der Waals surface area contributed by atoms with Crippen LogP contribution in [0.1, 0.15) is 46.3 Å². The molecule has 0 bridgehead atoms. The maximum Gasteiger partial charge on any atom is 0.242 e. The van der Waals surface area contributed by atoms with Crippen molar-refractivity contribution in [1.82, 2.24) is 4.90 Å². The molecule has 2 aromatic carbocycles. The molecule has 0 saturated carbocycles. The van der Waals surface area contributed by atoms with Crippen molar-refractivity contribution in [3.8, 4) is 0 Å². The quantitative estimate of drug-likeness (QED) is 0.277. The molecule has 1 saturated heterocycles. The van der Waals surface area contributed by atoms with Gasteiger partial charge < -0.3 is 0 Å². The molecule has 1 heterocycles. The second kappa shape index (κ2) is 9.88. The summed E-state index contributed by atoms with van der Waals surface area (Å²) in [4.78, 5) is 27.4. The van der Waals surface area contributed by atoms with E-state index in [-0.39, 0.29) is 18.1 Å². The van der Waals surface area contributed by atoms with Crippen molar-refractivity contribution in [3.63, 3.8) is 0 Å². The highest BCUT2D eigenvalue weighted by atomic mass is 32.2. The Bertz CT molecular complexity index is 1050. The maximum atomic E-state index is 12.9. The van der Waals surface area contributed by atoms with Gasteiger partial charge in [-0.25, -0.2) is 0 Å². The van der Waals surface area contributed by atoms with Crippen LogP contribution >= 0.6 is 11.8 Å². The summed E-state index contributed by atoms with van der Waals surface area (Å²) >= 11 is 1.30. The van der Waals surface area contributed by atoms with Gasteiger partial charge in [0.2, 0.25) is 5.91 Å². The van der Waals surface area contributed by atoms with Crippen LogP contribution in [0, 0.1) is 0 Å². The van der Waals surface area contributed by atoms with Crippen LogP contribution in [-0.2, 0) is 17.6 Å². The molecule has 1 amide bonds. The van der Waals surface area contributed by atoms with Crippen LogP contribution in [0.3, 0.4) is 0 Å². The summed E-state index contributed by atoms with van der Waals surface area (Å²) in [5, 5.41) is 8.40. The molecule has 1 aliphatic carbocycles. The van der Waals surface area contributed by atoms with Crippen LogP contribution in [0.15, 0.2) is 71.4 Å². The second-order valence-corrected chi connectivity index (χ2v) is 8.87. The van der Waals surface area contributed by atoms with Gasteiger partial charge in [0.25, 0.3) is 0 Å². The van der Waals surface area contributed by atoms with Crippen LogP contribution in [-0.4, -0.2) is 39.8 Å². The predicted molar refractivity (Wildman–Crippen MR) is 127 cm³/mol. The van der Waals surface area contributed by atoms with Gasteiger partial charge in [-0.15, -0.1) is 11.7 Å². The van der Waals surface area contributed by atoms with Gasteiger partial charge in [-0.05, 0) is 48.4 Å². The number of Topliss-reactive ketones (excluding diaryl/α,β-unsaturated/α-hetero) is 1. The van der Waals surface area contributed by atoms with Gasteiger partial charge in [-0.2, -0.15) is 5.10 Å². The van der Waals surface area contributed by atoms with Gasteiger partial charge in [0, 0.05) is 18.5 Å². The summed E-state index contributed by atoms with van der Waals surface area (Å²) in [6, 6.07) is 15.6. The number of amides is 1. The van der Waals surface area contributed by atoms with E-state index in [0.29, 0.717) is 17.3 Å². The highest BCUT2D eigenvalue weighted by Crippen LogP contribution is 2.31. The molecule has 0 radical (unpaired) electrons. The van der Waals surface area contributed by atoms with Gasteiger partial charge >= 0.3 is 0 Å². The molecule has 1 fully saturated rings. The molecule has 1 aliphatic heterocycles. The van der Waals surface area contributed by atoms with E-state index < -0.39 is 5.25 Å². The number of carbonyl (C=O) groups is 2. The topological polar surface area (TPSA) is 62.1 Å². The lowest BCUT2D eigenvalue weighted by atomic mass is 9.89. The normalized spacial score (nSPS) is 19.7. The van der Waals surface area contributed by atoms with Crippen molar-refractivity contribution in [3.05, 3.63) is 83.4 Å². The largest absolute Gasteiger partial charge is 0.294 e. The summed E-state index contributed by atoms with van der Waals surface area (Å²) in [5.74, 6) is -0.128. The molecular formula is C25H25N3O2S. The first-order valence-corrected chi connectivity index (χ1v) is 11.4. The van der Waals surface area contributed by atoms with Crippen molar-refractivity contribution in [2.75, 3.05) is 6.54 Å². The van der Waals surface area contributed by atoms with Crippen molar-refractivity contribution in [2.24, 2.45) is 10.2 Å². The molecule has 5 nitrogen and oxygen atoms in total. The first-order valence-electron chi connectivity index (χ1n) is 10.6. The van der Waals surface area contributed by atoms with Gasteiger partial charge in [0.1, 0.15) is 0 Å². The van der Waals surface area contributed by atoms with Crippen LogP contribution in [0.2, 0.25) is 0 Å². The van der Waals surface area contributed by atoms with Gasteiger partial charge in [-0.1, -0.05) is 60.3 Å². The Morgan fingerprint density at radius 1 is 1.13 bits per heavy atom. The fourth-order valence-corrected chi connectivity index (χ4v) is 4.99. The van der Waals surface area contributed by atoms with Crippen LogP contribution in [0.5, 0.6) is 0 Å². The van der Waals surface area contributed by atoms with Crippen LogP contribution in [0.25, 0.3) is 0 Å². The smallest absolute Gasteiger partial charge is 0.242 e.